The topological polar surface area (TPSA) is 70.6 Å². The highest BCUT2D eigenvalue weighted by Crippen LogP contribution is 2.30. The number of aliphatic imine (C=N–C) groups is 1. The van der Waals surface area contributed by atoms with Crippen LogP contribution in [0.15, 0.2) is 23.2 Å². The van der Waals surface area contributed by atoms with Crippen LogP contribution in [0.1, 0.15) is 57.1 Å². The van der Waals surface area contributed by atoms with E-state index in [1.807, 2.05) is 6.92 Å². The highest BCUT2D eigenvalue weighted by atomic mass is 127. The maximum Gasteiger partial charge on any atom is 0.191 e. The van der Waals surface area contributed by atoms with Crippen molar-refractivity contribution in [2.75, 3.05) is 19.3 Å². The van der Waals surface area contributed by atoms with E-state index in [1.165, 1.54) is 56.6 Å². The van der Waals surface area contributed by atoms with Gasteiger partial charge in [-0.25, -0.2) is 17.8 Å². The molecular formula is C21H35FIN3O2S. The second-order valence-corrected chi connectivity index (χ2v) is 9.99. The van der Waals surface area contributed by atoms with Crippen LogP contribution < -0.4 is 10.6 Å². The zero-order chi connectivity index (χ0) is 20.6. The summed E-state index contributed by atoms with van der Waals surface area (Å²) in [5.41, 5.74) is 1.20. The molecule has 0 heterocycles. The average molecular weight is 539 g/mol. The zero-order valence-corrected chi connectivity index (χ0v) is 20.9. The first kappa shape index (κ1) is 26.1. The van der Waals surface area contributed by atoms with Gasteiger partial charge in [-0.1, -0.05) is 32.3 Å². The summed E-state index contributed by atoms with van der Waals surface area (Å²) in [6, 6.07) is 4.21. The molecule has 5 nitrogen and oxygen atoms in total. The first-order valence-electron chi connectivity index (χ1n) is 10.3. The zero-order valence-electron chi connectivity index (χ0n) is 17.7. The second kappa shape index (κ2) is 12.7. The number of guanidine groups is 1. The number of sulfone groups is 1. The normalized spacial score (nSPS) is 20.1. The van der Waals surface area contributed by atoms with Gasteiger partial charge >= 0.3 is 0 Å². The molecule has 0 aliphatic heterocycles. The Kier molecular flexibility index (Phi) is 11.5. The van der Waals surface area contributed by atoms with Gasteiger partial charge in [-0.2, -0.15) is 0 Å². The molecule has 166 valence electrons. The van der Waals surface area contributed by atoms with Crippen molar-refractivity contribution < 1.29 is 12.8 Å². The second-order valence-electron chi connectivity index (χ2n) is 7.85. The van der Waals surface area contributed by atoms with Crippen LogP contribution in [-0.2, 0) is 22.1 Å². The summed E-state index contributed by atoms with van der Waals surface area (Å²) in [7, 11) is -3.20. The standard InChI is InChI=1S/C21H34FN3O2S.HI/c1-4-16-6-8-17(9-7-16)13-24-21(23-5-2)25-14-19-12-20(22)11-10-18(19)15-28(3,26)27;/h10-12,16-17H,4-9,13-15H2,1-3H3,(H2,23,24,25);1H. The van der Waals surface area contributed by atoms with Gasteiger partial charge in [0, 0.05) is 19.3 Å². The average Bonchev–Trinajstić information content (AvgIpc) is 2.65. The number of hydrogen-bond donors (Lipinski definition) is 2. The maximum atomic E-state index is 13.7. The lowest BCUT2D eigenvalue weighted by Crippen LogP contribution is -2.40. The summed E-state index contributed by atoms with van der Waals surface area (Å²) in [5.74, 6) is 1.73. The predicted octanol–water partition coefficient (Wildman–Crippen LogP) is 4.26. The number of hydrogen-bond acceptors (Lipinski definition) is 3. The van der Waals surface area contributed by atoms with Gasteiger partial charge in [0.15, 0.2) is 15.8 Å². The molecule has 1 aliphatic carbocycles. The molecule has 0 radical (unpaired) electrons. The molecule has 0 bridgehead atoms. The Bertz CT molecular complexity index is 763. The highest BCUT2D eigenvalue weighted by Gasteiger charge is 2.20. The number of rotatable bonds is 8. The van der Waals surface area contributed by atoms with E-state index in [-0.39, 0.29) is 42.1 Å². The van der Waals surface area contributed by atoms with E-state index >= 15 is 0 Å². The van der Waals surface area contributed by atoms with Crippen LogP contribution in [0.25, 0.3) is 0 Å². The fourth-order valence-corrected chi connectivity index (χ4v) is 4.60. The first-order chi connectivity index (χ1) is 13.3. The smallest absolute Gasteiger partial charge is 0.191 e. The Morgan fingerprint density at radius 3 is 2.34 bits per heavy atom. The van der Waals surface area contributed by atoms with Gasteiger partial charge in [-0.3, -0.25) is 0 Å². The molecule has 2 N–H and O–H groups in total. The van der Waals surface area contributed by atoms with Crippen molar-refractivity contribution in [2.45, 2.75) is 58.2 Å². The molecular weight excluding hydrogens is 504 g/mol. The van der Waals surface area contributed by atoms with Crippen LogP contribution in [0.5, 0.6) is 0 Å². The summed E-state index contributed by atoms with van der Waals surface area (Å²) in [6.07, 6.45) is 7.54. The van der Waals surface area contributed by atoms with Crippen molar-refractivity contribution >= 4 is 39.8 Å². The molecule has 0 amide bonds. The van der Waals surface area contributed by atoms with Crippen molar-refractivity contribution in [3.05, 3.63) is 35.1 Å². The Morgan fingerprint density at radius 1 is 1.10 bits per heavy atom. The summed E-state index contributed by atoms with van der Waals surface area (Å²) in [6.45, 7) is 6.11. The van der Waals surface area contributed by atoms with Crippen molar-refractivity contribution in [1.82, 2.24) is 10.6 Å². The largest absolute Gasteiger partial charge is 0.357 e. The molecule has 1 fully saturated rings. The lowest BCUT2D eigenvalue weighted by atomic mass is 9.81. The van der Waals surface area contributed by atoms with Crippen LogP contribution in [0, 0.1) is 17.7 Å². The molecule has 0 saturated heterocycles. The molecule has 8 heteroatoms. The van der Waals surface area contributed by atoms with Crippen molar-refractivity contribution in [1.29, 1.82) is 0 Å². The van der Waals surface area contributed by atoms with Crippen molar-refractivity contribution in [2.24, 2.45) is 16.8 Å². The van der Waals surface area contributed by atoms with Gasteiger partial charge in [0.25, 0.3) is 0 Å². The van der Waals surface area contributed by atoms with Gasteiger partial charge in [0.1, 0.15) is 5.82 Å². The Hall–Kier alpha value is -0.900. The van der Waals surface area contributed by atoms with Gasteiger partial charge in [0.05, 0.1) is 12.3 Å². The molecule has 1 aliphatic rings. The van der Waals surface area contributed by atoms with Crippen molar-refractivity contribution in [3.63, 3.8) is 0 Å². The van der Waals surface area contributed by atoms with Crippen LogP contribution in [0.2, 0.25) is 0 Å². The lowest BCUT2D eigenvalue weighted by molar-refractivity contribution is 0.269. The van der Waals surface area contributed by atoms with E-state index in [4.69, 9.17) is 0 Å². The fraction of sp³-hybridized carbons (Fsp3) is 0.667. The monoisotopic (exact) mass is 539 g/mol. The Balaban J connectivity index is 0.00000420. The highest BCUT2D eigenvalue weighted by molar-refractivity contribution is 14.0. The number of benzene rings is 1. The van der Waals surface area contributed by atoms with Gasteiger partial charge < -0.3 is 10.6 Å². The van der Waals surface area contributed by atoms with E-state index < -0.39 is 9.84 Å². The van der Waals surface area contributed by atoms with E-state index in [2.05, 4.69) is 22.5 Å². The predicted molar refractivity (Wildman–Crippen MR) is 129 cm³/mol. The number of halogens is 2. The van der Waals surface area contributed by atoms with Crippen LogP contribution in [0.4, 0.5) is 4.39 Å². The third-order valence-electron chi connectivity index (χ3n) is 5.44. The van der Waals surface area contributed by atoms with Gasteiger partial charge in [-0.15, -0.1) is 24.0 Å². The third-order valence-corrected chi connectivity index (χ3v) is 6.27. The summed E-state index contributed by atoms with van der Waals surface area (Å²) < 4.78 is 37.0. The number of nitrogens with zero attached hydrogens (tertiary/aromatic N) is 1. The summed E-state index contributed by atoms with van der Waals surface area (Å²) in [5, 5.41) is 6.62. The van der Waals surface area contributed by atoms with E-state index in [0.717, 1.165) is 19.0 Å². The van der Waals surface area contributed by atoms with Gasteiger partial charge in [0.2, 0.25) is 0 Å². The minimum atomic E-state index is -3.20. The quantitative estimate of drug-likeness (QED) is 0.294. The fourth-order valence-electron chi connectivity index (χ4n) is 3.76. The molecule has 0 aromatic heterocycles. The number of nitrogens with one attached hydrogen (secondary N) is 2. The summed E-state index contributed by atoms with van der Waals surface area (Å²) >= 11 is 0. The summed E-state index contributed by atoms with van der Waals surface area (Å²) in [4.78, 5) is 4.56. The van der Waals surface area contributed by atoms with Crippen LogP contribution in [-0.4, -0.2) is 33.7 Å². The molecule has 1 aromatic carbocycles. The van der Waals surface area contributed by atoms with Crippen LogP contribution >= 0.6 is 24.0 Å². The Labute approximate surface area is 192 Å². The lowest BCUT2D eigenvalue weighted by Gasteiger charge is -2.28. The van der Waals surface area contributed by atoms with Crippen LogP contribution in [0.3, 0.4) is 0 Å². The molecule has 0 spiro atoms. The Morgan fingerprint density at radius 2 is 1.76 bits per heavy atom. The maximum absolute atomic E-state index is 13.7. The molecule has 1 saturated carbocycles. The van der Waals surface area contributed by atoms with Gasteiger partial charge in [-0.05, 0) is 54.9 Å². The SMILES string of the molecule is CCNC(=NCc1cc(F)ccc1CS(C)(=O)=O)NCC1CCC(CC)CC1.I. The minimum absolute atomic E-state index is 0. The minimum Gasteiger partial charge on any atom is -0.357 e. The first-order valence-corrected chi connectivity index (χ1v) is 12.3. The molecule has 29 heavy (non-hydrogen) atoms. The van der Waals surface area contributed by atoms with E-state index in [0.29, 0.717) is 23.0 Å². The molecule has 0 atom stereocenters. The van der Waals surface area contributed by atoms with Crippen molar-refractivity contribution in [3.8, 4) is 0 Å². The molecule has 2 rings (SSSR count). The van der Waals surface area contributed by atoms with E-state index in [9.17, 15) is 12.8 Å². The molecule has 0 unspecified atom stereocenters. The third kappa shape index (κ3) is 9.63. The van der Waals surface area contributed by atoms with E-state index in [1.54, 1.807) is 0 Å². The molecule has 1 aromatic rings.